The number of carboxylic acid groups (broad SMARTS) is 1. The average Bonchev–Trinajstić information content (AvgIpc) is 2.55. The van der Waals surface area contributed by atoms with E-state index in [1.807, 2.05) is 6.07 Å². The van der Waals surface area contributed by atoms with E-state index in [0.29, 0.717) is 11.5 Å². The van der Waals surface area contributed by atoms with Crippen LogP contribution >= 0.6 is 0 Å². The van der Waals surface area contributed by atoms with E-state index in [2.05, 4.69) is 13.0 Å². The van der Waals surface area contributed by atoms with Crippen LogP contribution in [-0.4, -0.2) is 11.1 Å². The van der Waals surface area contributed by atoms with Crippen molar-refractivity contribution >= 4 is 5.97 Å². The maximum atomic E-state index is 11.6. The molecule has 0 saturated heterocycles. The summed E-state index contributed by atoms with van der Waals surface area (Å²) in [6, 6.07) is 5.89. The van der Waals surface area contributed by atoms with E-state index < -0.39 is 5.97 Å². The van der Waals surface area contributed by atoms with E-state index in [1.165, 1.54) is 56.9 Å². The monoisotopic (exact) mass is 302 g/mol. The molecule has 0 amide bonds. The number of aromatic carboxylic acids is 1. The lowest BCUT2D eigenvalue weighted by molar-refractivity contribution is 0.0694. The molecule has 0 spiro atoms. The molecule has 1 aliphatic rings. The first kappa shape index (κ1) is 17.1. The van der Waals surface area contributed by atoms with E-state index in [1.54, 1.807) is 6.07 Å². The lowest BCUT2D eigenvalue weighted by atomic mass is 9.79. The molecule has 0 atom stereocenters. The fourth-order valence-electron chi connectivity index (χ4n) is 3.81. The predicted octanol–water partition coefficient (Wildman–Crippen LogP) is 5.95. The number of carbonyl (C=O) groups is 1. The summed E-state index contributed by atoms with van der Waals surface area (Å²) in [5.74, 6) is -0.292. The summed E-state index contributed by atoms with van der Waals surface area (Å²) in [6.07, 6.45) is 13.5. The first-order valence-electron chi connectivity index (χ1n) is 9.09. The summed E-state index contributed by atoms with van der Waals surface area (Å²) in [4.78, 5) is 11.6. The van der Waals surface area contributed by atoms with Crippen molar-refractivity contribution in [3.05, 3.63) is 34.9 Å². The van der Waals surface area contributed by atoms with Crippen molar-refractivity contribution in [3.8, 4) is 0 Å². The average molecular weight is 302 g/mol. The second-order valence-corrected chi connectivity index (χ2v) is 6.68. The molecule has 1 aromatic rings. The van der Waals surface area contributed by atoms with Gasteiger partial charge in [-0.05, 0) is 48.8 Å². The minimum atomic E-state index is -0.756. The van der Waals surface area contributed by atoms with Crippen molar-refractivity contribution in [2.45, 2.75) is 83.5 Å². The zero-order chi connectivity index (χ0) is 15.8. The molecular formula is C20H30O2. The summed E-state index contributed by atoms with van der Waals surface area (Å²) in [5.41, 5.74) is 3.01. The van der Waals surface area contributed by atoms with Gasteiger partial charge in [0, 0.05) is 0 Å². The SMILES string of the molecule is CCCCCCCc1cccc(C(=O)O)c1C1CCCCC1. The number of carboxylic acids is 1. The molecule has 2 heteroatoms. The molecule has 0 bridgehead atoms. The molecule has 0 heterocycles. The van der Waals surface area contributed by atoms with Gasteiger partial charge in [-0.2, -0.15) is 0 Å². The van der Waals surface area contributed by atoms with Crippen LogP contribution < -0.4 is 0 Å². The standard InChI is InChI=1S/C20H30O2/c1-2-3-4-5-7-11-17-14-10-15-18(20(21)22)19(17)16-12-8-6-9-13-16/h10,14-16H,2-9,11-13H2,1H3,(H,21,22). The van der Waals surface area contributed by atoms with Crippen molar-refractivity contribution in [2.24, 2.45) is 0 Å². The number of benzene rings is 1. The summed E-state index contributed by atoms with van der Waals surface area (Å²) in [6.45, 7) is 2.23. The molecule has 0 unspecified atom stereocenters. The molecule has 122 valence electrons. The number of hydrogen-bond acceptors (Lipinski definition) is 1. The van der Waals surface area contributed by atoms with E-state index in [-0.39, 0.29) is 0 Å². The number of hydrogen-bond donors (Lipinski definition) is 1. The first-order valence-corrected chi connectivity index (χ1v) is 9.09. The van der Waals surface area contributed by atoms with Crippen LogP contribution in [0.5, 0.6) is 0 Å². The van der Waals surface area contributed by atoms with E-state index in [0.717, 1.165) is 24.8 Å². The smallest absolute Gasteiger partial charge is 0.335 e. The Labute approximate surface area is 134 Å². The minimum absolute atomic E-state index is 0.465. The number of aryl methyl sites for hydroxylation is 1. The van der Waals surface area contributed by atoms with Crippen molar-refractivity contribution in [2.75, 3.05) is 0 Å². The molecular weight excluding hydrogens is 272 g/mol. The Morgan fingerprint density at radius 1 is 1.09 bits per heavy atom. The van der Waals surface area contributed by atoms with Crippen LogP contribution in [0.1, 0.15) is 98.5 Å². The Hall–Kier alpha value is -1.31. The Morgan fingerprint density at radius 3 is 2.50 bits per heavy atom. The molecule has 2 rings (SSSR count). The quantitative estimate of drug-likeness (QED) is 0.603. The van der Waals surface area contributed by atoms with Gasteiger partial charge < -0.3 is 5.11 Å². The normalized spacial score (nSPS) is 15.9. The maximum absolute atomic E-state index is 11.6. The molecule has 22 heavy (non-hydrogen) atoms. The van der Waals surface area contributed by atoms with Gasteiger partial charge in [-0.25, -0.2) is 4.79 Å². The first-order chi connectivity index (χ1) is 10.7. The highest BCUT2D eigenvalue weighted by atomic mass is 16.4. The largest absolute Gasteiger partial charge is 0.478 e. The second-order valence-electron chi connectivity index (χ2n) is 6.68. The van der Waals surface area contributed by atoms with Crippen LogP contribution in [0.2, 0.25) is 0 Å². The fourth-order valence-corrected chi connectivity index (χ4v) is 3.81. The third-order valence-corrected chi connectivity index (χ3v) is 4.99. The lowest BCUT2D eigenvalue weighted by Gasteiger charge is -2.26. The fraction of sp³-hybridized carbons (Fsp3) is 0.650. The van der Waals surface area contributed by atoms with Gasteiger partial charge in [-0.15, -0.1) is 0 Å². The molecule has 0 aromatic heterocycles. The lowest BCUT2D eigenvalue weighted by Crippen LogP contribution is -2.13. The van der Waals surface area contributed by atoms with Crippen LogP contribution in [0.4, 0.5) is 0 Å². The van der Waals surface area contributed by atoms with E-state index in [4.69, 9.17) is 0 Å². The van der Waals surface area contributed by atoms with Gasteiger partial charge >= 0.3 is 5.97 Å². The number of unbranched alkanes of at least 4 members (excludes halogenated alkanes) is 4. The van der Waals surface area contributed by atoms with Gasteiger partial charge in [0.15, 0.2) is 0 Å². The Morgan fingerprint density at radius 2 is 1.82 bits per heavy atom. The highest BCUT2D eigenvalue weighted by Gasteiger charge is 2.23. The van der Waals surface area contributed by atoms with Gasteiger partial charge in [0.1, 0.15) is 0 Å². The van der Waals surface area contributed by atoms with Crippen molar-refractivity contribution in [3.63, 3.8) is 0 Å². The summed E-state index contributed by atoms with van der Waals surface area (Å²) >= 11 is 0. The number of rotatable bonds is 8. The zero-order valence-electron chi connectivity index (χ0n) is 13.9. The molecule has 1 fully saturated rings. The van der Waals surface area contributed by atoms with E-state index >= 15 is 0 Å². The van der Waals surface area contributed by atoms with Gasteiger partial charge in [0.25, 0.3) is 0 Å². The van der Waals surface area contributed by atoms with Crippen molar-refractivity contribution in [1.29, 1.82) is 0 Å². The van der Waals surface area contributed by atoms with Crippen LogP contribution in [-0.2, 0) is 6.42 Å². The molecule has 2 nitrogen and oxygen atoms in total. The second kappa shape index (κ2) is 8.97. The van der Waals surface area contributed by atoms with Gasteiger partial charge in [-0.3, -0.25) is 0 Å². The summed E-state index contributed by atoms with van der Waals surface area (Å²) < 4.78 is 0. The third-order valence-electron chi connectivity index (χ3n) is 4.99. The Kier molecular flexibility index (Phi) is 6.95. The van der Waals surface area contributed by atoms with Crippen LogP contribution in [0, 0.1) is 0 Å². The topological polar surface area (TPSA) is 37.3 Å². The summed E-state index contributed by atoms with van der Waals surface area (Å²) in [5, 5.41) is 9.56. The van der Waals surface area contributed by atoms with Crippen molar-refractivity contribution in [1.82, 2.24) is 0 Å². The Balaban J connectivity index is 2.13. The van der Waals surface area contributed by atoms with Crippen molar-refractivity contribution < 1.29 is 9.90 Å². The predicted molar refractivity (Wildman–Crippen MR) is 91.7 cm³/mol. The van der Waals surface area contributed by atoms with Gasteiger partial charge in [0.05, 0.1) is 5.56 Å². The van der Waals surface area contributed by atoms with Gasteiger partial charge in [0.2, 0.25) is 0 Å². The minimum Gasteiger partial charge on any atom is -0.478 e. The molecule has 1 saturated carbocycles. The molecule has 1 aromatic carbocycles. The highest BCUT2D eigenvalue weighted by Crippen LogP contribution is 2.37. The van der Waals surface area contributed by atoms with E-state index in [9.17, 15) is 9.90 Å². The third kappa shape index (κ3) is 4.59. The molecule has 0 radical (unpaired) electrons. The van der Waals surface area contributed by atoms with Crippen LogP contribution in [0.3, 0.4) is 0 Å². The molecule has 1 aliphatic carbocycles. The van der Waals surface area contributed by atoms with Crippen LogP contribution in [0.25, 0.3) is 0 Å². The Bertz CT molecular complexity index is 473. The molecule has 0 aliphatic heterocycles. The van der Waals surface area contributed by atoms with Gasteiger partial charge in [-0.1, -0.05) is 64.0 Å². The zero-order valence-corrected chi connectivity index (χ0v) is 13.9. The highest BCUT2D eigenvalue weighted by molar-refractivity contribution is 5.90. The summed E-state index contributed by atoms with van der Waals surface area (Å²) in [7, 11) is 0. The maximum Gasteiger partial charge on any atom is 0.335 e. The van der Waals surface area contributed by atoms with Crippen LogP contribution in [0.15, 0.2) is 18.2 Å². The molecule has 1 N–H and O–H groups in total.